The van der Waals surface area contributed by atoms with Crippen molar-refractivity contribution >= 4 is 11.9 Å². The number of carboxylic acids is 1. The summed E-state index contributed by atoms with van der Waals surface area (Å²) in [5, 5.41) is 11.7. The monoisotopic (exact) mass is 297 g/mol. The lowest BCUT2D eigenvalue weighted by molar-refractivity contribution is -0.148. The lowest BCUT2D eigenvalue weighted by Gasteiger charge is -2.28. The predicted molar refractivity (Wildman–Crippen MR) is 75.6 cm³/mol. The Balaban J connectivity index is 2.51. The normalized spacial score (nSPS) is 11.0. The van der Waals surface area contributed by atoms with Crippen molar-refractivity contribution in [3.8, 4) is 5.75 Å². The lowest BCUT2D eigenvalue weighted by Crippen LogP contribution is -2.53. The fourth-order valence-electron chi connectivity index (χ4n) is 1.93. The number of halogens is 1. The molecule has 6 heteroatoms. The summed E-state index contributed by atoms with van der Waals surface area (Å²) in [5.41, 5.74) is -1.25. The summed E-state index contributed by atoms with van der Waals surface area (Å²) in [6.07, 6.45) is 0.543. The Morgan fingerprint density at radius 1 is 1.29 bits per heavy atom. The zero-order chi connectivity index (χ0) is 15.9. The summed E-state index contributed by atoms with van der Waals surface area (Å²) in [5.74, 6) is -1.92. The van der Waals surface area contributed by atoms with Crippen molar-refractivity contribution in [1.82, 2.24) is 5.32 Å². The van der Waals surface area contributed by atoms with E-state index < -0.39 is 23.2 Å². The third-order valence-electron chi connectivity index (χ3n) is 3.42. The molecule has 0 heterocycles. The molecule has 1 rings (SSSR count). The molecule has 0 aromatic heterocycles. The lowest BCUT2D eigenvalue weighted by atomic mass is 9.93. The molecule has 0 aliphatic carbocycles. The first-order chi connectivity index (χ1) is 9.95. The van der Waals surface area contributed by atoms with Crippen LogP contribution in [0, 0.1) is 5.82 Å². The van der Waals surface area contributed by atoms with Crippen LogP contribution in [0.5, 0.6) is 5.75 Å². The molecule has 0 atom stereocenters. The fraction of sp³-hybridized carbons (Fsp3) is 0.467. The van der Waals surface area contributed by atoms with Gasteiger partial charge in [0.25, 0.3) is 0 Å². The predicted octanol–water partition coefficient (Wildman–Crippen LogP) is 2.35. The van der Waals surface area contributed by atoms with Gasteiger partial charge in [0.15, 0.2) is 11.6 Å². The number of nitrogens with one attached hydrogen (secondary N) is 1. The van der Waals surface area contributed by atoms with Crippen molar-refractivity contribution in [3.05, 3.63) is 30.1 Å². The molecule has 21 heavy (non-hydrogen) atoms. The van der Waals surface area contributed by atoms with E-state index in [1.165, 1.54) is 12.1 Å². The summed E-state index contributed by atoms with van der Waals surface area (Å²) < 4.78 is 18.5. The minimum Gasteiger partial charge on any atom is -0.490 e. The number of hydrogen-bond acceptors (Lipinski definition) is 3. The fourth-order valence-corrected chi connectivity index (χ4v) is 1.93. The van der Waals surface area contributed by atoms with Crippen LogP contribution in [-0.4, -0.2) is 29.1 Å². The van der Waals surface area contributed by atoms with Crippen molar-refractivity contribution in [1.29, 1.82) is 0 Å². The van der Waals surface area contributed by atoms with E-state index in [-0.39, 0.29) is 18.8 Å². The molecule has 0 saturated carbocycles. The third-order valence-corrected chi connectivity index (χ3v) is 3.42. The Morgan fingerprint density at radius 2 is 1.90 bits per heavy atom. The largest absolute Gasteiger partial charge is 0.490 e. The molecule has 0 radical (unpaired) electrons. The van der Waals surface area contributed by atoms with E-state index in [0.717, 1.165) is 0 Å². The van der Waals surface area contributed by atoms with Crippen LogP contribution in [0.4, 0.5) is 4.39 Å². The number of ether oxygens (including phenoxy) is 1. The minimum atomic E-state index is -1.25. The van der Waals surface area contributed by atoms with Crippen LogP contribution in [0.25, 0.3) is 0 Å². The van der Waals surface area contributed by atoms with Gasteiger partial charge in [-0.15, -0.1) is 0 Å². The zero-order valence-electron chi connectivity index (χ0n) is 12.2. The number of benzene rings is 1. The number of rotatable bonds is 8. The van der Waals surface area contributed by atoms with Crippen LogP contribution in [0.2, 0.25) is 0 Å². The van der Waals surface area contributed by atoms with Gasteiger partial charge in [-0.1, -0.05) is 26.0 Å². The standard InChI is InChI=1S/C15H20FNO4/c1-3-15(4-2,14(19)20)17-13(18)9-10-21-12-8-6-5-7-11(12)16/h5-8H,3-4,9-10H2,1-2H3,(H,17,18)(H,19,20). The minimum absolute atomic E-state index is 0.0180. The Bertz CT molecular complexity index is 500. The van der Waals surface area contributed by atoms with Gasteiger partial charge < -0.3 is 15.2 Å². The number of carbonyl (C=O) groups is 2. The van der Waals surface area contributed by atoms with Gasteiger partial charge in [-0.3, -0.25) is 4.79 Å². The molecule has 0 fully saturated rings. The summed E-state index contributed by atoms with van der Waals surface area (Å²) in [7, 11) is 0. The van der Waals surface area contributed by atoms with Crippen molar-refractivity contribution in [2.45, 2.75) is 38.6 Å². The van der Waals surface area contributed by atoms with E-state index in [4.69, 9.17) is 4.74 Å². The van der Waals surface area contributed by atoms with Gasteiger partial charge in [0, 0.05) is 0 Å². The van der Waals surface area contributed by atoms with Crippen molar-refractivity contribution in [2.75, 3.05) is 6.61 Å². The maximum atomic E-state index is 13.3. The highest BCUT2D eigenvalue weighted by Gasteiger charge is 2.36. The third kappa shape index (κ3) is 4.44. The number of carboxylic acid groups (broad SMARTS) is 1. The second-order valence-corrected chi connectivity index (χ2v) is 4.67. The highest BCUT2D eigenvalue weighted by atomic mass is 19.1. The first-order valence-corrected chi connectivity index (χ1v) is 6.87. The van der Waals surface area contributed by atoms with E-state index in [0.29, 0.717) is 12.8 Å². The Morgan fingerprint density at radius 3 is 2.43 bits per heavy atom. The van der Waals surface area contributed by atoms with Gasteiger partial charge in [0.1, 0.15) is 5.54 Å². The van der Waals surface area contributed by atoms with Gasteiger partial charge in [0.2, 0.25) is 5.91 Å². The van der Waals surface area contributed by atoms with Gasteiger partial charge in [-0.2, -0.15) is 0 Å². The highest BCUT2D eigenvalue weighted by Crippen LogP contribution is 2.17. The van der Waals surface area contributed by atoms with Crippen LogP contribution in [0.15, 0.2) is 24.3 Å². The molecule has 0 spiro atoms. The van der Waals surface area contributed by atoms with Crippen molar-refractivity contribution in [3.63, 3.8) is 0 Å². The molecule has 1 amide bonds. The van der Waals surface area contributed by atoms with Gasteiger partial charge in [0.05, 0.1) is 13.0 Å². The molecule has 0 aliphatic rings. The van der Waals surface area contributed by atoms with Crippen LogP contribution < -0.4 is 10.1 Å². The number of para-hydroxylation sites is 1. The first kappa shape index (κ1) is 16.9. The Labute approximate surface area is 123 Å². The smallest absolute Gasteiger partial charge is 0.329 e. The van der Waals surface area contributed by atoms with E-state index in [1.54, 1.807) is 26.0 Å². The summed E-state index contributed by atoms with van der Waals surface area (Å²) in [4.78, 5) is 23.1. The molecule has 0 saturated heterocycles. The average Bonchev–Trinajstić information content (AvgIpc) is 2.46. The molecule has 1 aromatic carbocycles. The molecule has 0 bridgehead atoms. The van der Waals surface area contributed by atoms with Crippen LogP contribution in [-0.2, 0) is 9.59 Å². The molecule has 5 nitrogen and oxygen atoms in total. The Hall–Kier alpha value is -2.11. The maximum absolute atomic E-state index is 13.3. The van der Waals surface area contributed by atoms with Crippen LogP contribution in [0.3, 0.4) is 0 Å². The van der Waals surface area contributed by atoms with Crippen LogP contribution >= 0.6 is 0 Å². The SMILES string of the molecule is CCC(CC)(NC(=O)CCOc1ccccc1F)C(=O)O. The second-order valence-electron chi connectivity index (χ2n) is 4.67. The maximum Gasteiger partial charge on any atom is 0.329 e. The summed E-state index contributed by atoms with van der Waals surface area (Å²) >= 11 is 0. The van der Waals surface area contributed by atoms with Gasteiger partial charge >= 0.3 is 5.97 Å². The topological polar surface area (TPSA) is 75.6 Å². The quantitative estimate of drug-likeness (QED) is 0.772. The second kappa shape index (κ2) is 7.61. The zero-order valence-corrected chi connectivity index (χ0v) is 12.2. The van der Waals surface area contributed by atoms with E-state index in [2.05, 4.69) is 5.32 Å². The highest BCUT2D eigenvalue weighted by molar-refractivity contribution is 5.86. The molecule has 1 aromatic rings. The van der Waals surface area contributed by atoms with Gasteiger partial charge in [-0.25, -0.2) is 9.18 Å². The van der Waals surface area contributed by atoms with Gasteiger partial charge in [-0.05, 0) is 25.0 Å². The van der Waals surface area contributed by atoms with Crippen molar-refractivity contribution < 1.29 is 23.8 Å². The summed E-state index contributed by atoms with van der Waals surface area (Å²) in [6, 6.07) is 5.90. The van der Waals surface area contributed by atoms with E-state index >= 15 is 0 Å². The number of amides is 1. The van der Waals surface area contributed by atoms with E-state index in [9.17, 15) is 19.1 Å². The molecule has 2 N–H and O–H groups in total. The van der Waals surface area contributed by atoms with E-state index in [1.807, 2.05) is 0 Å². The number of carbonyl (C=O) groups excluding carboxylic acids is 1. The molecule has 116 valence electrons. The number of hydrogen-bond donors (Lipinski definition) is 2. The first-order valence-electron chi connectivity index (χ1n) is 6.87. The molecule has 0 unspecified atom stereocenters. The summed E-state index contributed by atoms with van der Waals surface area (Å²) in [6.45, 7) is 3.39. The van der Waals surface area contributed by atoms with Crippen LogP contribution in [0.1, 0.15) is 33.1 Å². The molecular formula is C15H20FNO4. The molecule has 0 aliphatic heterocycles. The number of aliphatic carboxylic acids is 1. The Kier molecular flexibility index (Phi) is 6.14. The van der Waals surface area contributed by atoms with Crippen molar-refractivity contribution in [2.24, 2.45) is 0 Å². The molecular weight excluding hydrogens is 277 g/mol. The average molecular weight is 297 g/mol.